The van der Waals surface area contributed by atoms with Gasteiger partial charge in [0, 0.05) is 25.6 Å². The highest BCUT2D eigenvalue weighted by molar-refractivity contribution is 5.86. The van der Waals surface area contributed by atoms with Crippen molar-refractivity contribution in [3.05, 3.63) is 0 Å². The average molecular weight is 585 g/mol. The maximum atomic E-state index is 13.3. The lowest BCUT2D eigenvalue weighted by Crippen LogP contribution is -2.72. The summed E-state index contributed by atoms with van der Waals surface area (Å²) in [7, 11) is 5.33. The van der Waals surface area contributed by atoms with Crippen LogP contribution in [0.5, 0.6) is 0 Å². The number of likely N-dealkylation sites (N-methyl/N-ethyl adjacent to an activating group) is 3. The second-order valence-corrected chi connectivity index (χ2v) is 12.7. The molecule has 0 unspecified atom stereocenters. The minimum Gasteiger partial charge on any atom is -0.460 e. The molecule has 3 N–H and O–H groups in total. The van der Waals surface area contributed by atoms with E-state index < -0.39 is 59.5 Å². The zero-order valence-corrected chi connectivity index (χ0v) is 26.3. The molecule has 0 spiro atoms. The molecule has 3 heterocycles. The molecule has 3 saturated heterocycles. The van der Waals surface area contributed by atoms with Crippen LogP contribution < -0.4 is 5.32 Å². The molecule has 3 fully saturated rings. The van der Waals surface area contributed by atoms with Gasteiger partial charge in [0.05, 0.1) is 31.2 Å². The van der Waals surface area contributed by atoms with Crippen molar-refractivity contribution in [2.75, 3.05) is 53.9 Å². The van der Waals surface area contributed by atoms with E-state index in [0.29, 0.717) is 26.1 Å². The fraction of sp³-hybridized carbons (Fsp3) is 0.897. The molecule has 3 aliphatic heterocycles. The largest absolute Gasteiger partial charge is 0.460 e. The highest BCUT2D eigenvalue weighted by Crippen LogP contribution is 2.53. The number of amides is 2. The van der Waals surface area contributed by atoms with Crippen molar-refractivity contribution >= 4 is 17.8 Å². The summed E-state index contributed by atoms with van der Waals surface area (Å²) in [4.78, 5) is 44.6. The first-order chi connectivity index (χ1) is 19.1. The van der Waals surface area contributed by atoms with Crippen molar-refractivity contribution in [2.45, 2.75) is 96.2 Å². The molecule has 12 nitrogen and oxygen atoms in total. The van der Waals surface area contributed by atoms with Gasteiger partial charge >= 0.3 is 5.97 Å². The maximum Gasteiger partial charge on any atom is 0.320 e. The van der Waals surface area contributed by atoms with Gasteiger partial charge in [-0.25, -0.2) is 0 Å². The fourth-order valence-electron chi connectivity index (χ4n) is 7.00. The molecule has 2 amide bonds. The molecular weight excluding hydrogens is 532 g/mol. The summed E-state index contributed by atoms with van der Waals surface area (Å²) in [5.74, 6) is -3.11. The molecule has 0 saturated carbocycles. The Balaban J connectivity index is 2.12. The van der Waals surface area contributed by atoms with Crippen LogP contribution in [0.15, 0.2) is 0 Å². The number of carbonyl (C=O) groups excluding carboxylic acids is 3. The van der Waals surface area contributed by atoms with Gasteiger partial charge in [-0.1, -0.05) is 34.6 Å². The number of ether oxygens (including phenoxy) is 3. The molecule has 0 bridgehead atoms. The fourth-order valence-corrected chi connectivity index (χ4v) is 7.00. The lowest BCUT2D eigenvalue weighted by Gasteiger charge is -2.52. The number of esters is 1. The minimum absolute atomic E-state index is 0.0383. The summed E-state index contributed by atoms with van der Waals surface area (Å²) in [5.41, 5.74) is -3.69. The molecule has 236 valence electrons. The standard InChI is InChI=1S/C29H52N4O8/c1-10-33(11-2)16-23(35)40-24-19(5)25-28(37,29(38)21(31(7)8)12-18(4)39-27(29)41-25)13-17(3)15-32(9)22(34)14-30-26(36)20(24)6/h17-21,24-25,27,37-38H,10-16H2,1-9H3,(H,30,36)/t17-,18-,19+,20-,21+,24+,25-,27+,28-,29-/m1/s1. The highest BCUT2D eigenvalue weighted by Gasteiger charge is 2.73. The van der Waals surface area contributed by atoms with E-state index >= 15 is 0 Å². The van der Waals surface area contributed by atoms with Crippen molar-refractivity contribution in [2.24, 2.45) is 17.8 Å². The molecule has 0 aromatic carbocycles. The van der Waals surface area contributed by atoms with Crippen LogP contribution in [0.3, 0.4) is 0 Å². The first-order valence-corrected chi connectivity index (χ1v) is 15.0. The number of nitrogens with zero attached hydrogens (tertiary/aromatic N) is 3. The third kappa shape index (κ3) is 6.57. The number of rotatable bonds is 6. The SMILES string of the molecule is CCN(CC)CC(=O)O[C@H]1[C@H](C)[C@H]2O[C@@H]3O[C@H](C)C[C@H](N(C)C)[C@]3(O)[C@@]2(O)C[C@@H](C)CN(C)C(=O)CNC(=O)[C@@H]1C. The van der Waals surface area contributed by atoms with E-state index in [2.05, 4.69) is 5.32 Å². The van der Waals surface area contributed by atoms with Crippen LogP contribution in [0.2, 0.25) is 0 Å². The molecule has 0 aromatic heterocycles. The zero-order valence-electron chi connectivity index (χ0n) is 26.3. The number of carbonyl (C=O) groups is 3. The van der Waals surface area contributed by atoms with E-state index in [1.54, 1.807) is 20.9 Å². The third-order valence-electron chi connectivity index (χ3n) is 9.34. The summed E-state index contributed by atoms with van der Waals surface area (Å²) in [6.07, 6.45) is -2.91. The van der Waals surface area contributed by atoms with Gasteiger partial charge in [0.25, 0.3) is 0 Å². The molecule has 10 atom stereocenters. The molecule has 0 radical (unpaired) electrons. The lowest BCUT2D eigenvalue weighted by atomic mass is 9.66. The molecule has 3 aliphatic rings. The molecular formula is C29H52N4O8. The van der Waals surface area contributed by atoms with Crippen LogP contribution in [0.25, 0.3) is 0 Å². The topological polar surface area (TPSA) is 141 Å². The molecule has 41 heavy (non-hydrogen) atoms. The van der Waals surface area contributed by atoms with E-state index in [4.69, 9.17) is 14.2 Å². The number of fused-ring (bicyclic) bond motifs is 3. The first-order valence-electron chi connectivity index (χ1n) is 15.0. The van der Waals surface area contributed by atoms with Crippen LogP contribution in [0.4, 0.5) is 0 Å². The number of hydrogen-bond donors (Lipinski definition) is 3. The summed E-state index contributed by atoms with van der Waals surface area (Å²) in [6, 6.07) is -0.509. The molecule has 3 rings (SSSR count). The van der Waals surface area contributed by atoms with Crippen molar-refractivity contribution in [3.8, 4) is 0 Å². The van der Waals surface area contributed by atoms with Gasteiger partial charge in [-0.3, -0.25) is 19.3 Å². The Morgan fingerprint density at radius 2 is 1.76 bits per heavy atom. The Kier molecular flexibility index (Phi) is 10.9. The Hall–Kier alpha value is -1.83. The highest BCUT2D eigenvalue weighted by atomic mass is 16.7. The van der Waals surface area contributed by atoms with E-state index in [0.717, 1.165) is 0 Å². The maximum absolute atomic E-state index is 13.3. The number of hydrogen-bond acceptors (Lipinski definition) is 10. The quantitative estimate of drug-likeness (QED) is 0.367. The monoisotopic (exact) mass is 584 g/mol. The predicted molar refractivity (Wildman–Crippen MR) is 152 cm³/mol. The van der Waals surface area contributed by atoms with Gasteiger partial charge < -0.3 is 39.5 Å². The van der Waals surface area contributed by atoms with Crippen molar-refractivity contribution < 1.29 is 38.8 Å². The second kappa shape index (κ2) is 13.2. The molecule has 0 aliphatic carbocycles. The van der Waals surface area contributed by atoms with Crippen LogP contribution >= 0.6 is 0 Å². The van der Waals surface area contributed by atoms with Gasteiger partial charge in [0.15, 0.2) is 11.9 Å². The Morgan fingerprint density at radius 3 is 2.34 bits per heavy atom. The number of nitrogens with one attached hydrogen (secondary N) is 1. The van der Waals surface area contributed by atoms with Gasteiger partial charge in [-0.15, -0.1) is 0 Å². The smallest absolute Gasteiger partial charge is 0.320 e. The first kappa shape index (κ1) is 33.7. The average Bonchev–Trinajstić information content (AvgIpc) is 3.13. The van der Waals surface area contributed by atoms with Crippen LogP contribution in [-0.4, -0.2) is 138 Å². The van der Waals surface area contributed by atoms with Gasteiger partial charge in [0.2, 0.25) is 11.8 Å². The van der Waals surface area contributed by atoms with Crippen LogP contribution in [0, 0.1) is 17.8 Å². The second-order valence-electron chi connectivity index (χ2n) is 12.7. The summed E-state index contributed by atoms with van der Waals surface area (Å²) in [5, 5.41) is 27.9. The number of aliphatic hydroxyl groups is 2. The molecule has 12 heteroatoms. The Morgan fingerprint density at radius 1 is 1.12 bits per heavy atom. The third-order valence-corrected chi connectivity index (χ3v) is 9.34. The predicted octanol–water partition coefficient (Wildman–Crippen LogP) is 0.0527. The van der Waals surface area contributed by atoms with Crippen LogP contribution in [-0.2, 0) is 28.6 Å². The summed E-state index contributed by atoms with van der Waals surface area (Å²) < 4.78 is 18.5. The van der Waals surface area contributed by atoms with Crippen molar-refractivity contribution in [3.63, 3.8) is 0 Å². The van der Waals surface area contributed by atoms with E-state index in [-0.39, 0.29) is 37.4 Å². The van der Waals surface area contributed by atoms with Gasteiger partial charge in [0.1, 0.15) is 11.7 Å². The zero-order chi connectivity index (χ0) is 30.9. The van der Waals surface area contributed by atoms with Crippen molar-refractivity contribution in [1.82, 2.24) is 20.0 Å². The minimum atomic E-state index is -1.86. The summed E-state index contributed by atoms with van der Waals surface area (Å²) in [6.45, 7) is 12.5. The van der Waals surface area contributed by atoms with Crippen LogP contribution in [0.1, 0.15) is 54.4 Å². The Labute approximate surface area is 244 Å². The lowest BCUT2D eigenvalue weighted by molar-refractivity contribution is -0.284. The normalized spacial score (nSPS) is 40.8. The summed E-state index contributed by atoms with van der Waals surface area (Å²) >= 11 is 0. The van der Waals surface area contributed by atoms with Crippen molar-refractivity contribution in [1.29, 1.82) is 0 Å². The van der Waals surface area contributed by atoms with Gasteiger partial charge in [-0.2, -0.15) is 0 Å². The Bertz CT molecular complexity index is 948. The van der Waals surface area contributed by atoms with E-state index in [1.165, 1.54) is 4.90 Å². The van der Waals surface area contributed by atoms with Gasteiger partial charge in [-0.05, 0) is 52.9 Å². The molecule has 0 aromatic rings. The van der Waals surface area contributed by atoms with E-state index in [1.807, 2.05) is 51.6 Å². The van der Waals surface area contributed by atoms with E-state index in [9.17, 15) is 24.6 Å².